The van der Waals surface area contributed by atoms with Crippen molar-refractivity contribution in [3.8, 4) is 11.5 Å². The van der Waals surface area contributed by atoms with Crippen molar-refractivity contribution in [2.24, 2.45) is 5.10 Å². The second kappa shape index (κ2) is 8.72. The molecule has 2 aromatic carbocycles. The Bertz CT molecular complexity index is 735. The van der Waals surface area contributed by atoms with E-state index in [1.54, 1.807) is 14.2 Å². The quantitative estimate of drug-likeness (QED) is 0.748. The number of benzene rings is 2. The molecule has 0 saturated carbocycles. The normalized spacial score (nSPS) is 15.4. The van der Waals surface area contributed by atoms with E-state index in [-0.39, 0.29) is 0 Å². The highest BCUT2D eigenvalue weighted by atomic mass is 16.5. The first-order chi connectivity index (χ1) is 12.7. The predicted molar refractivity (Wildman–Crippen MR) is 105 cm³/mol. The Morgan fingerprint density at radius 1 is 0.923 bits per heavy atom. The Balaban J connectivity index is 1.52. The minimum Gasteiger partial charge on any atom is -0.493 e. The number of hydrogen-bond acceptors (Lipinski definition) is 5. The van der Waals surface area contributed by atoms with E-state index in [0.29, 0.717) is 0 Å². The molecule has 0 bridgehead atoms. The molecule has 1 aliphatic heterocycles. The molecule has 26 heavy (non-hydrogen) atoms. The van der Waals surface area contributed by atoms with E-state index >= 15 is 0 Å². The molecule has 0 N–H and O–H groups in total. The molecule has 0 aliphatic carbocycles. The lowest BCUT2D eigenvalue weighted by atomic mass is 10.1. The molecule has 3 rings (SSSR count). The van der Waals surface area contributed by atoms with E-state index in [0.717, 1.165) is 49.8 Å². The van der Waals surface area contributed by atoms with Crippen molar-refractivity contribution in [1.82, 2.24) is 9.91 Å². The molecule has 0 radical (unpaired) electrons. The van der Waals surface area contributed by atoms with Gasteiger partial charge >= 0.3 is 0 Å². The second-order valence-electron chi connectivity index (χ2n) is 6.57. The van der Waals surface area contributed by atoms with E-state index in [2.05, 4.69) is 46.2 Å². The average molecular weight is 353 g/mol. The van der Waals surface area contributed by atoms with Gasteiger partial charge in [0, 0.05) is 32.7 Å². The zero-order valence-corrected chi connectivity index (χ0v) is 15.8. The number of nitrogens with zero attached hydrogens (tertiary/aromatic N) is 3. The summed E-state index contributed by atoms with van der Waals surface area (Å²) < 4.78 is 10.6. The number of hydrazone groups is 1. The van der Waals surface area contributed by atoms with E-state index in [9.17, 15) is 0 Å². The molecule has 5 nitrogen and oxygen atoms in total. The first kappa shape index (κ1) is 18.3. The van der Waals surface area contributed by atoms with Crippen LogP contribution in [0.4, 0.5) is 0 Å². The molecule has 0 amide bonds. The molecule has 5 heteroatoms. The molecule has 0 unspecified atom stereocenters. The topological polar surface area (TPSA) is 37.3 Å². The fraction of sp³-hybridized carbons (Fsp3) is 0.381. The van der Waals surface area contributed by atoms with Gasteiger partial charge in [-0.1, -0.05) is 29.8 Å². The Kier molecular flexibility index (Phi) is 6.12. The lowest BCUT2D eigenvalue weighted by Gasteiger charge is -2.33. The molecule has 0 aromatic heterocycles. The maximum atomic E-state index is 5.34. The Morgan fingerprint density at radius 2 is 1.62 bits per heavy atom. The zero-order valence-electron chi connectivity index (χ0n) is 15.8. The van der Waals surface area contributed by atoms with E-state index in [1.807, 2.05) is 24.4 Å². The van der Waals surface area contributed by atoms with Gasteiger partial charge in [0.15, 0.2) is 11.5 Å². The zero-order chi connectivity index (χ0) is 18.4. The smallest absolute Gasteiger partial charge is 0.161 e. The summed E-state index contributed by atoms with van der Waals surface area (Å²) in [6.45, 7) is 7.06. The maximum absolute atomic E-state index is 5.34. The third kappa shape index (κ3) is 4.76. The minimum atomic E-state index is 0.722. The number of hydrogen-bond donors (Lipinski definition) is 0. The summed E-state index contributed by atoms with van der Waals surface area (Å²) >= 11 is 0. The summed E-state index contributed by atoms with van der Waals surface area (Å²) in [6.07, 6.45) is 1.89. The van der Waals surface area contributed by atoms with Crippen LogP contribution in [0.25, 0.3) is 0 Å². The van der Waals surface area contributed by atoms with Crippen LogP contribution in [-0.4, -0.2) is 56.5 Å². The van der Waals surface area contributed by atoms with Crippen molar-refractivity contribution < 1.29 is 9.47 Å². The summed E-state index contributed by atoms with van der Waals surface area (Å²) in [6, 6.07) is 14.6. The van der Waals surface area contributed by atoms with Gasteiger partial charge in [-0.3, -0.25) is 9.91 Å². The fourth-order valence-electron chi connectivity index (χ4n) is 3.04. The molecule has 1 heterocycles. The second-order valence-corrected chi connectivity index (χ2v) is 6.57. The van der Waals surface area contributed by atoms with Crippen molar-refractivity contribution >= 4 is 6.21 Å². The SMILES string of the molecule is COc1ccc(/C=N\N2CCN(Cc3ccc(C)cc3)CC2)cc1OC. The van der Waals surface area contributed by atoms with Crippen molar-refractivity contribution in [2.75, 3.05) is 40.4 Å². The lowest BCUT2D eigenvalue weighted by Crippen LogP contribution is -2.43. The number of rotatable bonds is 6. The van der Waals surface area contributed by atoms with Crippen LogP contribution in [0.5, 0.6) is 11.5 Å². The van der Waals surface area contributed by atoms with Crippen LogP contribution < -0.4 is 9.47 Å². The van der Waals surface area contributed by atoms with Crippen LogP contribution in [0.1, 0.15) is 16.7 Å². The highest BCUT2D eigenvalue weighted by Crippen LogP contribution is 2.26. The van der Waals surface area contributed by atoms with Gasteiger partial charge in [0.2, 0.25) is 0 Å². The standard InChI is InChI=1S/C21H27N3O2/c1-17-4-6-18(7-5-17)16-23-10-12-24(13-11-23)22-15-19-8-9-20(25-2)21(14-19)26-3/h4-9,14-15H,10-13,16H2,1-3H3/b22-15-. The third-order valence-corrected chi connectivity index (χ3v) is 4.65. The Morgan fingerprint density at radius 3 is 2.27 bits per heavy atom. The predicted octanol–water partition coefficient (Wildman–Crippen LogP) is 3.16. The number of piperazine rings is 1. The van der Waals surface area contributed by atoms with Crippen LogP contribution in [-0.2, 0) is 6.54 Å². The molecular weight excluding hydrogens is 326 g/mol. The molecule has 0 spiro atoms. The number of methoxy groups -OCH3 is 2. The fourth-order valence-corrected chi connectivity index (χ4v) is 3.04. The van der Waals surface area contributed by atoms with Gasteiger partial charge in [0.25, 0.3) is 0 Å². The van der Waals surface area contributed by atoms with Gasteiger partial charge in [-0.2, -0.15) is 5.10 Å². The van der Waals surface area contributed by atoms with Gasteiger partial charge < -0.3 is 9.47 Å². The highest BCUT2D eigenvalue weighted by molar-refractivity contribution is 5.80. The van der Waals surface area contributed by atoms with Crippen molar-refractivity contribution in [1.29, 1.82) is 0 Å². The molecule has 1 fully saturated rings. The third-order valence-electron chi connectivity index (χ3n) is 4.65. The van der Waals surface area contributed by atoms with Gasteiger partial charge in [0.05, 0.1) is 20.4 Å². The van der Waals surface area contributed by atoms with Crippen LogP contribution in [0.2, 0.25) is 0 Å². The van der Waals surface area contributed by atoms with E-state index < -0.39 is 0 Å². The minimum absolute atomic E-state index is 0.722. The van der Waals surface area contributed by atoms with Gasteiger partial charge in [0.1, 0.15) is 0 Å². The molecule has 0 atom stereocenters. The van der Waals surface area contributed by atoms with Gasteiger partial charge in [-0.05, 0) is 36.2 Å². The molecule has 1 aliphatic rings. The summed E-state index contributed by atoms with van der Waals surface area (Å²) in [5.74, 6) is 1.45. The summed E-state index contributed by atoms with van der Waals surface area (Å²) in [5.41, 5.74) is 3.69. The van der Waals surface area contributed by atoms with Crippen LogP contribution in [0.15, 0.2) is 47.6 Å². The van der Waals surface area contributed by atoms with Crippen molar-refractivity contribution in [2.45, 2.75) is 13.5 Å². The highest BCUT2D eigenvalue weighted by Gasteiger charge is 2.15. The average Bonchev–Trinajstić information content (AvgIpc) is 2.69. The summed E-state index contributed by atoms with van der Waals surface area (Å²) in [4.78, 5) is 2.48. The summed E-state index contributed by atoms with van der Waals surface area (Å²) in [5, 5.41) is 6.75. The molecule has 1 saturated heterocycles. The van der Waals surface area contributed by atoms with Crippen LogP contribution in [0.3, 0.4) is 0 Å². The molecule has 138 valence electrons. The van der Waals surface area contributed by atoms with Crippen LogP contribution >= 0.6 is 0 Å². The van der Waals surface area contributed by atoms with E-state index in [1.165, 1.54) is 11.1 Å². The molecular formula is C21H27N3O2. The largest absolute Gasteiger partial charge is 0.493 e. The lowest BCUT2D eigenvalue weighted by molar-refractivity contribution is 0.131. The Hall–Kier alpha value is -2.53. The van der Waals surface area contributed by atoms with E-state index in [4.69, 9.17) is 9.47 Å². The van der Waals surface area contributed by atoms with Gasteiger partial charge in [-0.25, -0.2) is 0 Å². The first-order valence-electron chi connectivity index (χ1n) is 8.97. The first-order valence-corrected chi connectivity index (χ1v) is 8.97. The Labute approximate surface area is 155 Å². The number of ether oxygens (including phenoxy) is 2. The van der Waals surface area contributed by atoms with Crippen molar-refractivity contribution in [3.63, 3.8) is 0 Å². The maximum Gasteiger partial charge on any atom is 0.161 e. The van der Waals surface area contributed by atoms with Gasteiger partial charge in [-0.15, -0.1) is 0 Å². The van der Waals surface area contributed by atoms with Crippen LogP contribution in [0, 0.1) is 6.92 Å². The summed E-state index contributed by atoms with van der Waals surface area (Å²) in [7, 11) is 3.29. The number of aryl methyl sites for hydroxylation is 1. The molecule has 2 aromatic rings. The monoisotopic (exact) mass is 353 g/mol. The van der Waals surface area contributed by atoms with Crippen molar-refractivity contribution in [3.05, 3.63) is 59.2 Å².